The zero-order valence-corrected chi connectivity index (χ0v) is 15.5. The van der Waals surface area contributed by atoms with Gasteiger partial charge in [0, 0.05) is 27.4 Å². The van der Waals surface area contributed by atoms with Gasteiger partial charge < -0.3 is 13.6 Å². The van der Waals surface area contributed by atoms with E-state index in [2.05, 4.69) is 13.1 Å². The summed E-state index contributed by atoms with van der Waals surface area (Å²) in [7, 11) is 1.60. The molecule has 0 aliphatic carbocycles. The molecule has 0 spiro atoms. The molecule has 0 saturated heterocycles. The number of hydrogen-bond donors (Lipinski definition) is 0. The first-order chi connectivity index (χ1) is 10.2. The Balaban J connectivity index is 3.17. The van der Waals surface area contributed by atoms with Gasteiger partial charge in [0.2, 0.25) is 0 Å². The third-order valence-electron chi connectivity index (χ3n) is 3.98. The molecule has 4 heteroatoms. The van der Waals surface area contributed by atoms with Gasteiger partial charge in [-0.2, -0.15) is 0 Å². The Hall–Kier alpha value is -0.163. The first-order valence-corrected chi connectivity index (χ1v) is 11.0. The summed E-state index contributed by atoms with van der Waals surface area (Å²) < 4.78 is 16.6. The average Bonchev–Trinajstić information content (AvgIpc) is 2.51. The van der Waals surface area contributed by atoms with Gasteiger partial charge in [0.05, 0.1) is 0 Å². The first-order valence-electron chi connectivity index (χ1n) is 8.47. The lowest BCUT2D eigenvalue weighted by atomic mass is 10.1. The lowest BCUT2D eigenvalue weighted by Crippen LogP contribution is -2.36. The number of rotatable bonds is 16. The molecule has 126 valence electrons. The fourth-order valence-electron chi connectivity index (χ4n) is 2.26. The van der Waals surface area contributed by atoms with Gasteiger partial charge in [-0.05, 0) is 38.3 Å². The Morgan fingerprint density at radius 2 is 1.33 bits per heavy atom. The molecule has 0 radical (unpaired) electrons. The van der Waals surface area contributed by atoms with Crippen molar-refractivity contribution >= 4 is 8.56 Å². The number of ether oxygens (including phenoxy) is 1. The van der Waals surface area contributed by atoms with Crippen LogP contribution in [0.5, 0.6) is 0 Å². The van der Waals surface area contributed by atoms with Crippen LogP contribution in [0.15, 0.2) is 12.7 Å². The topological polar surface area (TPSA) is 27.7 Å². The molecule has 0 aromatic heterocycles. The van der Waals surface area contributed by atoms with Crippen LogP contribution in [0, 0.1) is 0 Å². The molecule has 0 atom stereocenters. The van der Waals surface area contributed by atoms with E-state index in [0.717, 1.165) is 25.7 Å². The monoisotopic (exact) mass is 316 g/mol. The van der Waals surface area contributed by atoms with E-state index in [4.69, 9.17) is 13.6 Å². The highest BCUT2D eigenvalue weighted by Crippen LogP contribution is 2.13. The smallest absolute Gasteiger partial charge is 0.334 e. The van der Waals surface area contributed by atoms with Crippen molar-refractivity contribution in [1.82, 2.24) is 0 Å². The highest BCUT2D eigenvalue weighted by molar-refractivity contribution is 6.65. The zero-order valence-electron chi connectivity index (χ0n) is 14.5. The van der Waals surface area contributed by atoms with E-state index in [1.807, 2.05) is 6.08 Å². The van der Waals surface area contributed by atoms with Gasteiger partial charge in [-0.3, -0.25) is 0 Å². The minimum atomic E-state index is -1.88. The van der Waals surface area contributed by atoms with Crippen LogP contribution in [-0.2, 0) is 13.6 Å². The molecule has 0 aromatic carbocycles. The van der Waals surface area contributed by atoms with Crippen molar-refractivity contribution in [3.05, 3.63) is 12.7 Å². The van der Waals surface area contributed by atoms with Crippen LogP contribution in [-0.4, -0.2) is 36.0 Å². The molecule has 0 saturated carbocycles. The largest absolute Gasteiger partial charge is 0.398 e. The Kier molecular flexibility index (Phi) is 14.6. The van der Waals surface area contributed by atoms with Gasteiger partial charge in [0.15, 0.2) is 0 Å². The maximum Gasteiger partial charge on any atom is 0.334 e. The minimum Gasteiger partial charge on any atom is -0.398 e. The highest BCUT2D eigenvalue weighted by atomic mass is 28.4. The van der Waals surface area contributed by atoms with Crippen LogP contribution in [0.2, 0.25) is 12.6 Å². The van der Waals surface area contributed by atoms with Crippen molar-refractivity contribution in [3.63, 3.8) is 0 Å². The standard InChI is InChI=1S/C17H36O3Si/c1-5-6-7-8-9-10-11-12-13-15-20-16-14-17-21(4,18-2)19-3/h5H,1,6-17H2,2-4H3. The first kappa shape index (κ1) is 20.8. The van der Waals surface area contributed by atoms with Gasteiger partial charge in [-0.1, -0.05) is 38.2 Å². The molecular weight excluding hydrogens is 280 g/mol. The molecule has 21 heavy (non-hydrogen) atoms. The quantitative estimate of drug-likeness (QED) is 0.226. The lowest BCUT2D eigenvalue weighted by Gasteiger charge is -2.22. The molecule has 0 bridgehead atoms. The normalized spacial score (nSPS) is 11.8. The van der Waals surface area contributed by atoms with Gasteiger partial charge in [0.25, 0.3) is 0 Å². The second-order valence-corrected chi connectivity index (χ2v) is 9.39. The minimum absolute atomic E-state index is 0.830. The van der Waals surface area contributed by atoms with Crippen molar-refractivity contribution in [2.75, 3.05) is 27.4 Å². The van der Waals surface area contributed by atoms with E-state index >= 15 is 0 Å². The predicted octanol–water partition coefficient (Wildman–Crippen LogP) is 5.06. The lowest BCUT2D eigenvalue weighted by molar-refractivity contribution is 0.127. The fraction of sp³-hybridized carbons (Fsp3) is 0.882. The number of hydrogen-bond acceptors (Lipinski definition) is 3. The predicted molar refractivity (Wildman–Crippen MR) is 93.0 cm³/mol. The molecule has 0 N–H and O–H groups in total. The van der Waals surface area contributed by atoms with Gasteiger partial charge in [-0.15, -0.1) is 6.58 Å². The van der Waals surface area contributed by atoms with E-state index in [9.17, 15) is 0 Å². The van der Waals surface area contributed by atoms with Crippen molar-refractivity contribution < 1.29 is 13.6 Å². The summed E-state index contributed by atoms with van der Waals surface area (Å²) in [6.45, 7) is 7.57. The van der Waals surface area contributed by atoms with Crippen LogP contribution < -0.4 is 0 Å². The summed E-state index contributed by atoms with van der Waals surface area (Å²) in [6.07, 6.45) is 13.4. The van der Waals surface area contributed by atoms with E-state index in [1.165, 1.54) is 51.4 Å². The summed E-state index contributed by atoms with van der Waals surface area (Å²) in [6, 6.07) is 1.00. The molecule has 0 aliphatic rings. The molecule has 3 nitrogen and oxygen atoms in total. The Morgan fingerprint density at radius 1 is 0.810 bits per heavy atom. The van der Waals surface area contributed by atoms with E-state index in [-0.39, 0.29) is 0 Å². The van der Waals surface area contributed by atoms with Crippen LogP contribution in [0.3, 0.4) is 0 Å². The second kappa shape index (κ2) is 14.8. The molecule has 0 unspecified atom stereocenters. The van der Waals surface area contributed by atoms with Crippen LogP contribution in [0.25, 0.3) is 0 Å². The van der Waals surface area contributed by atoms with Crippen molar-refractivity contribution in [3.8, 4) is 0 Å². The third kappa shape index (κ3) is 13.2. The van der Waals surface area contributed by atoms with Crippen LogP contribution in [0.4, 0.5) is 0 Å². The average molecular weight is 317 g/mol. The number of unbranched alkanes of at least 4 members (excludes halogenated alkanes) is 7. The molecule has 0 aliphatic heterocycles. The zero-order chi connectivity index (χ0) is 15.8. The van der Waals surface area contributed by atoms with Gasteiger partial charge in [-0.25, -0.2) is 0 Å². The Bertz CT molecular complexity index is 230. The highest BCUT2D eigenvalue weighted by Gasteiger charge is 2.27. The van der Waals surface area contributed by atoms with Crippen molar-refractivity contribution in [2.45, 2.75) is 70.4 Å². The summed E-state index contributed by atoms with van der Waals surface area (Å²) in [4.78, 5) is 0. The molecular formula is C17H36O3Si. The van der Waals surface area contributed by atoms with Gasteiger partial charge in [0.1, 0.15) is 0 Å². The Labute approximate surface area is 133 Å². The van der Waals surface area contributed by atoms with E-state index in [1.54, 1.807) is 14.2 Å². The summed E-state index contributed by atoms with van der Waals surface area (Å²) in [5, 5.41) is 0. The molecule has 0 rings (SSSR count). The summed E-state index contributed by atoms with van der Waals surface area (Å²) >= 11 is 0. The maximum absolute atomic E-state index is 5.68. The number of allylic oxidation sites excluding steroid dienone is 1. The van der Waals surface area contributed by atoms with E-state index < -0.39 is 8.56 Å². The summed E-state index contributed by atoms with van der Waals surface area (Å²) in [5.41, 5.74) is 0. The molecule has 0 amide bonds. The van der Waals surface area contributed by atoms with Crippen molar-refractivity contribution in [1.29, 1.82) is 0 Å². The molecule has 0 aromatic rings. The molecule has 0 heterocycles. The summed E-state index contributed by atoms with van der Waals surface area (Å²) in [5.74, 6) is 0. The van der Waals surface area contributed by atoms with Crippen LogP contribution in [0.1, 0.15) is 57.8 Å². The van der Waals surface area contributed by atoms with Gasteiger partial charge >= 0.3 is 8.56 Å². The SMILES string of the molecule is C=CCCCCCCCCCOCCC[Si](C)(OC)OC. The maximum atomic E-state index is 5.68. The van der Waals surface area contributed by atoms with Crippen molar-refractivity contribution in [2.24, 2.45) is 0 Å². The van der Waals surface area contributed by atoms with E-state index in [0.29, 0.717) is 0 Å². The Morgan fingerprint density at radius 3 is 1.90 bits per heavy atom. The van der Waals surface area contributed by atoms with Crippen LogP contribution >= 0.6 is 0 Å². The fourth-order valence-corrected chi connectivity index (χ4v) is 3.62. The second-order valence-electron chi connectivity index (χ2n) is 5.81. The third-order valence-corrected chi connectivity index (χ3v) is 6.97. The molecule has 0 fully saturated rings.